The Morgan fingerprint density at radius 2 is 2.07 bits per heavy atom. The fourth-order valence-corrected chi connectivity index (χ4v) is 3.59. The molecule has 1 aliphatic rings. The van der Waals surface area contributed by atoms with Gasteiger partial charge < -0.3 is 19.3 Å². The Morgan fingerprint density at radius 1 is 1.27 bits per heavy atom. The van der Waals surface area contributed by atoms with Crippen molar-refractivity contribution < 1.29 is 9.84 Å². The van der Waals surface area contributed by atoms with Crippen molar-refractivity contribution >= 4 is 28.6 Å². The van der Waals surface area contributed by atoms with E-state index in [9.17, 15) is 5.11 Å². The lowest BCUT2D eigenvalue weighted by Gasteiger charge is -2.22. The number of pyridine rings is 1. The van der Waals surface area contributed by atoms with Gasteiger partial charge in [-0.05, 0) is 30.9 Å². The van der Waals surface area contributed by atoms with Crippen LogP contribution in [0.15, 0.2) is 24.7 Å². The van der Waals surface area contributed by atoms with Crippen LogP contribution in [0.2, 0.25) is 5.02 Å². The highest BCUT2D eigenvalue weighted by Gasteiger charge is 2.34. The number of anilines is 1. The van der Waals surface area contributed by atoms with Crippen molar-refractivity contribution in [2.24, 2.45) is 5.41 Å². The van der Waals surface area contributed by atoms with Gasteiger partial charge in [0.1, 0.15) is 0 Å². The van der Waals surface area contributed by atoms with E-state index in [0.717, 1.165) is 5.69 Å². The van der Waals surface area contributed by atoms with E-state index < -0.39 is 5.60 Å². The molecule has 4 rings (SSSR count). The van der Waals surface area contributed by atoms with Crippen LogP contribution in [0, 0.1) is 5.41 Å². The van der Waals surface area contributed by atoms with Crippen LogP contribution in [0.3, 0.4) is 0 Å². The van der Waals surface area contributed by atoms with E-state index in [1.165, 1.54) is 0 Å². The molecule has 1 saturated heterocycles. The normalized spacial score (nSPS) is 19.6. The first-order valence-electron chi connectivity index (χ1n) is 10.0. The summed E-state index contributed by atoms with van der Waals surface area (Å²) in [6.07, 6.45) is 4.10. The third-order valence-corrected chi connectivity index (χ3v) is 5.31. The number of fused-ring (bicyclic) bond motifs is 1. The smallest absolute Gasteiger partial charge is 0.320 e. The van der Waals surface area contributed by atoms with E-state index in [2.05, 4.69) is 40.7 Å². The second-order valence-corrected chi connectivity index (χ2v) is 9.73. The summed E-state index contributed by atoms with van der Waals surface area (Å²) in [6, 6.07) is 3.91. The number of aromatic nitrogens is 5. The van der Waals surface area contributed by atoms with Crippen LogP contribution in [-0.2, 0) is 6.54 Å². The first kappa shape index (κ1) is 20.8. The second-order valence-electron chi connectivity index (χ2n) is 9.32. The van der Waals surface area contributed by atoms with Crippen molar-refractivity contribution in [3.63, 3.8) is 0 Å². The summed E-state index contributed by atoms with van der Waals surface area (Å²) in [6.45, 7) is 10.2. The number of nitrogens with zero attached hydrogens (tertiary/aromatic N) is 6. The molecule has 1 aliphatic heterocycles. The summed E-state index contributed by atoms with van der Waals surface area (Å²) in [7, 11) is 0. The Morgan fingerprint density at radius 3 is 2.73 bits per heavy atom. The van der Waals surface area contributed by atoms with Crippen LogP contribution in [-0.4, -0.2) is 54.9 Å². The Kier molecular flexibility index (Phi) is 5.32. The van der Waals surface area contributed by atoms with Gasteiger partial charge in [0.25, 0.3) is 0 Å². The molecule has 0 aromatic carbocycles. The van der Waals surface area contributed by atoms with Crippen LogP contribution in [0.25, 0.3) is 11.2 Å². The van der Waals surface area contributed by atoms with Gasteiger partial charge in [-0.25, -0.2) is 4.98 Å². The first-order valence-corrected chi connectivity index (χ1v) is 10.4. The number of β-amino-alcohol motifs (C(OH)–C–C–N with tert-alkyl or cyclic N) is 1. The molecule has 0 aliphatic carbocycles. The molecule has 0 saturated carbocycles. The van der Waals surface area contributed by atoms with Gasteiger partial charge in [0.15, 0.2) is 17.0 Å². The zero-order valence-corrected chi connectivity index (χ0v) is 18.5. The summed E-state index contributed by atoms with van der Waals surface area (Å²) in [5, 5.41) is 11.0. The number of hydrogen-bond donors (Lipinski definition) is 1. The van der Waals surface area contributed by atoms with E-state index >= 15 is 0 Å². The van der Waals surface area contributed by atoms with Gasteiger partial charge in [-0.15, -0.1) is 0 Å². The van der Waals surface area contributed by atoms with Gasteiger partial charge in [0, 0.05) is 19.3 Å². The molecule has 9 heteroatoms. The molecule has 1 atom stereocenters. The first-order chi connectivity index (χ1) is 14.1. The van der Waals surface area contributed by atoms with Crippen LogP contribution in [0.5, 0.6) is 6.01 Å². The number of rotatable bonds is 5. The number of imidazole rings is 1. The van der Waals surface area contributed by atoms with E-state index in [0.29, 0.717) is 60.7 Å². The van der Waals surface area contributed by atoms with Gasteiger partial charge in [0.05, 0.1) is 35.8 Å². The molecular formula is C21H27ClN6O2. The standard InChI is InChI=1S/C21H27ClN6O2/c1-20(2,3)12-30-19-25-17(27-9-7-21(4,29)11-27)16-18(26-19)28(13-24-16)10-15-14(22)6-5-8-23-15/h5-6,8,13,29H,7,9-12H2,1-4H3. The molecule has 0 spiro atoms. The molecule has 1 unspecified atom stereocenters. The van der Waals surface area contributed by atoms with Crippen molar-refractivity contribution in [1.29, 1.82) is 0 Å². The number of aliphatic hydroxyl groups is 1. The summed E-state index contributed by atoms with van der Waals surface area (Å²) in [5.74, 6) is 0.674. The highest BCUT2D eigenvalue weighted by molar-refractivity contribution is 6.31. The molecule has 0 amide bonds. The van der Waals surface area contributed by atoms with Gasteiger partial charge >= 0.3 is 6.01 Å². The summed E-state index contributed by atoms with van der Waals surface area (Å²) in [5.41, 5.74) is 1.27. The molecule has 30 heavy (non-hydrogen) atoms. The fourth-order valence-electron chi connectivity index (χ4n) is 3.41. The lowest BCUT2D eigenvalue weighted by atomic mass is 9.99. The maximum Gasteiger partial charge on any atom is 0.320 e. The van der Waals surface area contributed by atoms with Crippen LogP contribution in [0.1, 0.15) is 39.8 Å². The van der Waals surface area contributed by atoms with Crippen LogP contribution in [0.4, 0.5) is 5.82 Å². The lowest BCUT2D eigenvalue weighted by Crippen LogP contribution is -2.30. The van der Waals surface area contributed by atoms with Crippen molar-refractivity contribution in [3.05, 3.63) is 35.4 Å². The number of hydrogen-bond acceptors (Lipinski definition) is 7. The van der Waals surface area contributed by atoms with Crippen LogP contribution < -0.4 is 9.64 Å². The average Bonchev–Trinajstić information content (AvgIpc) is 3.24. The summed E-state index contributed by atoms with van der Waals surface area (Å²) < 4.78 is 7.83. The van der Waals surface area contributed by atoms with Gasteiger partial charge in [0.2, 0.25) is 0 Å². The average molecular weight is 431 g/mol. The van der Waals surface area contributed by atoms with E-state index in [-0.39, 0.29) is 5.41 Å². The lowest BCUT2D eigenvalue weighted by molar-refractivity contribution is 0.0839. The monoisotopic (exact) mass is 430 g/mol. The summed E-state index contributed by atoms with van der Waals surface area (Å²) in [4.78, 5) is 20.3. The largest absolute Gasteiger partial charge is 0.463 e. The zero-order chi connectivity index (χ0) is 21.5. The minimum Gasteiger partial charge on any atom is -0.463 e. The molecule has 4 heterocycles. The van der Waals surface area contributed by atoms with Crippen molar-refractivity contribution in [3.8, 4) is 6.01 Å². The van der Waals surface area contributed by atoms with Crippen LogP contribution >= 0.6 is 11.6 Å². The molecule has 0 bridgehead atoms. The molecule has 3 aromatic rings. The Bertz CT molecular complexity index is 1060. The van der Waals surface area contributed by atoms with Gasteiger partial charge in [-0.2, -0.15) is 9.97 Å². The number of halogens is 1. The number of ether oxygens (including phenoxy) is 1. The molecule has 0 radical (unpaired) electrons. The zero-order valence-electron chi connectivity index (χ0n) is 17.8. The topological polar surface area (TPSA) is 89.2 Å². The summed E-state index contributed by atoms with van der Waals surface area (Å²) >= 11 is 6.30. The molecule has 160 valence electrons. The second kappa shape index (κ2) is 7.67. The maximum atomic E-state index is 10.4. The predicted molar refractivity (Wildman–Crippen MR) is 116 cm³/mol. The van der Waals surface area contributed by atoms with Crippen molar-refractivity contribution in [1.82, 2.24) is 24.5 Å². The Labute approximate surface area is 180 Å². The predicted octanol–water partition coefficient (Wildman–Crippen LogP) is 3.31. The third kappa shape index (κ3) is 4.49. The molecule has 1 N–H and O–H groups in total. The Hall–Kier alpha value is -2.45. The molecular weight excluding hydrogens is 404 g/mol. The maximum absolute atomic E-state index is 10.4. The van der Waals surface area contributed by atoms with E-state index in [1.807, 2.05) is 22.5 Å². The Balaban J connectivity index is 1.75. The fraction of sp³-hybridized carbons (Fsp3) is 0.524. The van der Waals surface area contributed by atoms with Crippen molar-refractivity contribution in [2.45, 2.75) is 46.3 Å². The SMILES string of the molecule is CC(C)(C)COc1nc(N2CCC(C)(O)C2)c2ncn(Cc3ncccc3Cl)c2n1. The van der Waals surface area contributed by atoms with Gasteiger partial charge in [-0.1, -0.05) is 32.4 Å². The van der Waals surface area contributed by atoms with Crippen molar-refractivity contribution in [2.75, 3.05) is 24.6 Å². The van der Waals surface area contributed by atoms with E-state index in [1.54, 1.807) is 18.6 Å². The highest BCUT2D eigenvalue weighted by atomic mass is 35.5. The van der Waals surface area contributed by atoms with Gasteiger partial charge in [-0.3, -0.25) is 4.98 Å². The minimum absolute atomic E-state index is 0.0302. The third-order valence-electron chi connectivity index (χ3n) is 4.97. The molecule has 3 aromatic heterocycles. The minimum atomic E-state index is -0.756. The quantitative estimate of drug-likeness (QED) is 0.664. The molecule has 8 nitrogen and oxygen atoms in total. The van der Waals surface area contributed by atoms with E-state index in [4.69, 9.17) is 16.3 Å². The highest BCUT2D eigenvalue weighted by Crippen LogP contribution is 2.31. The molecule has 1 fully saturated rings.